The van der Waals surface area contributed by atoms with Crippen LogP contribution in [0.25, 0.3) is 0 Å². The standard InChI is InChI=1S/C15H24OSi2/c1-17(2,3)11-9-13-12(7-8-14(13)16)15(10-11)18(4,5)6/h9-10H,7-8H2,1-6H3. The predicted molar refractivity (Wildman–Crippen MR) is 85.1 cm³/mol. The summed E-state index contributed by atoms with van der Waals surface area (Å²) >= 11 is 0. The maximum absolute atomic E-state index is 12.1. The van der Waals surface area contributed by atoms with Crippen molar-refractivity contribution in [3.05, 3.63) is 23.3 Å². The zero-order valence-electron chi connectivity index (χ0n) is 12.5. The number of ketones is 1. The van der Waals surface area contributed by atoms with Crippen molar-refractivity contribution >= 4 is 32.3 Å². The molecule has 1 aliphatic rings. The maximum Gasteiger partial charge on any atom is 0.163 e. The van der Waals surface area contributed by atoms with Crippen LogP contribution in [-0.2, 0) is 6.42 Å². The van der Waals surface area contributed by atoms with Crippen LogP contribution >= 0.6 is 0 Å². The van der Waals surface area contributed by atoms with Crippen LogP contribution in [0.15, 0.2) is 12.1 Å². The third-order valence-corrected chi connectivity index (χ3v) is 7.91. The van der Waals surface area contributed by atoms with E-state index >= 15 is 0 Å². The van der Waals surface area contributed by atoms with E-state index < -0.39 is 16.1 Å². The van der Waals surface area contributed by atoms with Crippen molar-refractivity contribution in [1.82, 2.24) is 0 Å². The van der Waals surface area contributed by atoms with Crippen molar-refractivity contribution in [2.24, 2.45) is 0 Å². The fraction of sp³-hybridized carbons (Fsp3) is 0.533. The Morgan fingerprint density at radius 2 is 1.50 bits per heavy atom. The van der Waals surface area contributed by atoms with Gasteiger partial charge in [-0.25, -0.2) is 0 Å². The second-order valence-electron chi connectivity index (χ2n) is 7.47. The van der Waals surface area contributed by atoms with Gasteiger partial charge in [0.15, 0.2) is 5.78 Å². The molecule has 1 nitrogen and oxygen atoms in total. The maximum atomic E-state index is 12.1. The van der Waals surface area contributed by atoms with Crippen LogP contribution in [-0.4, -0.2) is 21.9 Å². The Morgan fingerprint density at radius 3 is 2.00 bits per heavy atom. The minimum Gasteiger partial charge on any atom is -0.294 e. The van der Waals surface area contributed by atoms with Crippen LogP contribution in [0.4, 0.5) is 0 Å². The average molecular weight is 277 g/mol. The summed E-state index contributed by atoms with van der Waals surface area (Å²) in [6.45, 7) is 14.3. The Bertz CT molecular complexity index is 504. The molecule has 0 fully saturated rings. The number of rotatable bonds is 2. The number of hydrogen-bond donors (Lipinski definition) is 0. The van der Waals surface area contributed by atoms with Crippen LogP contribution in [0.3, 0.4) is 0 Å². The Morgan fingerprint density at radius 1 is 0.889 bits per heavy atom. The first kappa shape index (κ1) is 13.7. The first-order chi connectivity index (χ1) is 8.10. The van der Waals surface area contributed by atoms with E-state index in [-0.39, 0.29) is 0 Å². The van der Waals surface area contributed by atoms with E-state index in [9.17, 15) is 4.79 Å². The Balaban J connectivity index is 2.71. The molecule has 0 atom stereocenters. The molecule has 3 heteroatoms. The second-order valence-corrected chi connectivity index (χ2v) is 17.6. The van der Waals surface area contributed by atoms with Gasteiger partial charge in [-0.15, -0.1) is 0 Å². The van der Waals surface area contributed by atoms with E-state index in [2.05, 4.69) is 51.4 Å². The van der Waals surface area contributed by atoms with Crippen LogP contribution < -0.4 is 10.4 Å². The van der Waals surface area contributed by atoms with Gasteiger partial charge < -0.3 is 0 Å². The van der Waals surface area contributed by atoms with Crippen molar-refractivity contribution in [2.75, 3.05) is 0 Å². The molecule has 1 aromatic rings. The van der Waals surface area contributed by atoms with Crippen molar-refractivity contribution < 1.29 is 4.79 Å². The lowest BCUT2D eigenvalue weighted by Gasteiger charge is -2.25. The molecule has 0 saturated carbocycles. The molecule has 0 aromatic heterocycles. The molecule has 0 N–H and O–H groups in total. The van der Waals surface area contributed by atoms with E-state index in [1.807, 2.05) is 0 Å². The third-order valence-electron chi connectivity index (χ3n) is 3.83. The molecular weight excluding hydrogens is 252 g/mol. The summed E-state index contributed by atoms with van der Waals surface area (Å²) in [5, 5.41) is 2.98. The highest BCUT2D eigenvalue weighted by atomic mass is 28.3. The van der Waals surface area contributed by atoms with Gasteiger partial charge in [-0.05, 0) is 12.0 Å². The molecule has 98 valence electrons. The van der Waals surface area contributed by atoms with Crippen LogP contribution in [0.1, 0.15) is 22.3 Å². The summed E-state index contributed by atoms with van der Waals surface area (Å²) in [6, 6.07) is 4.65. The lowest BCUT2D eigenvalue weighted by atomic mass is 10.1. The van der Waals surface area contributed by atoms with Crippen molar-refractivity contribution in [1.29, 1.82) is 0 Å². The SMILES string of the molecule is C[Si](C)(C)c1cc2c(c([Si](C)(C)C)c1)CCC2=O. The number of hydrogen-bond acceptors (Lipinski definition) is 1. The molecule has 0 bridgehead atoms. The van der Waals surface area contributed by atoms with Crippen molar-refractivity contribution in [2.45, 2.75) is 52.1 Å². The summed E-state index contributed by atoms with van der Waals surface area (Å²) in [7, 11) is -2.71. The summed E-state index contributed by atoms with van der Waals surface area (Å²) in [5.41, 5.74) is 2.42. The molecular formula is C15H24OSi2. The van der Waals surface area contributed by atoms with Gasteiger partial charge in [-0.2, -0.15) is 0 Å². The molecule has 2 rings (SSSR count). The summed E-state index contributed by atoms with van der Waals surface area (Å²) in [5.74, 6) is 0.365. The van der Waals surface area contributed by atoms with Crippen molar-refractivity contribution in [3.63, 3.8) is 0 Å². The molecule has 0 saturated heterocycles. The van der Waals surface area contributed by atoms with Crippen LogP contribution in [0.5, 0.6) is 0 Å². The van der Waals surface area contributed by atoms with E-state index in [4.69, 9.17) is 0 Å². The topological polar surface area (TPSA) is 17.1 Å². The summed E-state index contributed by atoms with van der Waals surface area (Å²) < 4.78 is 0. The smallest absolute Gasteiger partial charge is 0.163 e. The Kier molecular flexibility index (Phi) is 3.18. The molecule has 0 spiro atoms. The van der Waals surface area contributed by atoms with Gasteiger partial charge in [0.1, 0.15) is 0 Å². The molecule has 18 heavy (non-hydrogen) atoms. The van der Waals surface area contributed by atoms with Gasteiger partial charge in [0.05, 0.1) is 16.1 Å². The average Bonchev–Trinajstić information content (AvgIpc) is 2.56. The van der Waals surface area contributed by atoms with Gasteiger partial charge in [-0.1, -0.05) is 61.8 Å². The molecule has 1 aliphatic carbocycles. The monoisotopic (exact) mass is 276 g/mol. The minimum absolute atomic E-state index is 0.365. The van der Waals surface area contributed by atoms with Gasteiger partial charge >= 0.3 is 0 Å². The minimum atomic E-state index is -1.36. The summed E-state index contributed by atoms with van der Waals surface area (Å²) in [4.78, 5) is 12.1. The molecule has 0 aliphatic heterocycles. The van der Waals surface area contributed by atoms with Gasteiger partial charge in [-0.3, -0.25) is 4.79 Å². The third kappa shape index (κ3) is 2.38. The van der Waals surface area contributed by atoms with E-state index in [1.165, 1.54) is 15.9 Å². The number of carbonyl (C=O) groups excluding carboxylic acids is 1. The molecule has 0 radical (unpaired) electrons. The first-order valence-corrected chi connectivity index (χ1v) is 13.8. The van der Waals surface area contributed by atoms with E-state index in [0.29, 0.717) is 5.78 Å². The molecule has 0 amide bonds. The predicted octanol–water partition coefficient (Wildman–Crippen LogP) is 2.91. The van der Waals surface area contributed by atoms with E-state index in [0.717, 1.165) is 18.4 Å². The lowest BCUT2D eigenvalue weighted by molar-refractivity contribution is 0.0994. The number of Topliss-reactive ketones (excluding diaryl/α,β-unsaturated/α-hetero) is 1. The summed E-state index contributed by atoms with van der Waals surface area (Å²) in [6.07, 6.45) is 1.70. The largest absolute Gasteiger partial charge is 0.294 e. The number of carbonyl (C=O) groups is 1. The highest BCUT2D eigenvalue weighted by molar-refractivity contribution is 6.91. The van der Waals surface area contributed by atoms with Gasteiger partial charge in [0.25, 0.3) is 0 Å². The highest BCUT2D eigenvalue weighted by Gasteiger charge is 2.31. The second kappa shape index (κ2) is 4.17. The van der Waals surface area contributed by atoms with Gasteiger partial charge in [0.2, 0.25) is 0 Å². The van der Waals surface area contributed by atoms with Gasteiger partial charge in [0, 0.05) is 12.0 Å². The number of fused-ring (bicyclic) bond motifs is 1. The molecule has 1 aromatic carbocycles. The van der Waals surface area contributed by atoms with Crippen molar-refractivity contribution in [3.8, 4) is 0 Å². The zero-order valence-corrected chi connectivity index (χ0v) is 14.5. The van der Waals surface area contributed by atoms with Crippen LogP contribution in [0.2, 0.25) is 39.3 Å². The normalized spacial score (nSPS) is 16.0. The number of benzene rings is 1. The quantitative estimate of drug-likeness (QED) is 0.759. The fourth-order valence-electron chi connectivity index (χ4n) is 2.67. The lowest BCUT2D eigenvalue weighted by Crippen LogP contribution is -2.47. The molecule has 0 unspecified atom stereocenters. The highest BCUT2D eigenvalue weighted by Crippen LogP contribution is 2.23. The Hall–Kier alpha value is -0.676. The Labute approximate surface area is 113 Å². The van der Waals surface area contributed by atoms with Crippen LogP contribution in [0, 0.1) is 0 Å². The molecule has 0 heterocycles. The first-order valence-electron chi connectivity index (χ1n) is 6.82. The zero-order chi connectivity index (χ0) is 13.7. The fourth-order valence-corrected chi connectivity index (χ4v) is 5.72. The van der Waals surface area contributed by atoms with E-state index in [1.54, 1.807) is 0 Å².